The van der Waals surface area contributed by atoms with Gasteiger partial charge in [-0.1, -0.05) is 12.1 Å². The van der Waals surface area contributed by atoms with Gasteiger partial charge in [-0.15, -0.1) is 0 Å². The first-order valence-electron chi connectivity index (χ1n) is 6.66. The quantitative estimate of drug-likeness (QED) is 0.823. The maximum absolute atomic E-state index is 11.9. The fraction of sp³-hybridized carbons (Fsp3) is 0.533. The molecule has 96 valence electrons. The second kappa shape index (κ2) is 3.82. The van der Waals surface area contributed by atoms with Crippen molar-refractivity contribution in [2.24, 2.45) is 0 Å². The predicted octanol–water partition coefficient (Wildman–Crippen LogP) is 2.14. The van der Waals surface area contributed by atoms with Gasteiger partial charge >= 0.3 is 0 Å². The zero-order valence-corrected chi connectivity index (χ0v) is 11.0. The van der Waals surface area contributed by atoms with E-state index in [1.54, 1.807) is 0 Å². The summed E-state index contributed by atoms with van der Waals surface area (Å²) in [6.45, 7) is 4.48. The first kappa shape index (κ1) is 11.7. The minimum Gasteiger partial charge on any atom is -0.386 e. The summed E-state index contributed by atoms with van der Waals surface area (Å²) in [4.78, 5) is 13.9. The molecule has 0 bridgehead atoms. The summed E-state index contributed by atoms with van der Waals surface area (Å²) < 4.78 is 0. The largest absolute Gasteiger partial charge is 0.386 e. The summed E-state index contributed by atoms with van der Waals surface area (Å²) in [7, 11) is 0. The number of carbonyl (C=O) groups excluding carboxylic acids is 1. The second-order valence-electron chi connectivity index (χ2n) is 5.85. The van der Waals surface area contributed by atoms with E-state index in [2.05, 4.69) is 12.1 Å². The first-order valence-corrected chi connectivity index (χ1v) is 6.66. The van der Waals surface area contributed by atoms with Gasteiger partial charge in [0, 0.05) is 13.0 Å². The van der Waals surface area contributed by atoms with Crippen LogP contribution >= 0.6 is 0 Å². The van der Waals surface area contributed by atoms with Gasteiger partial charge in [0.25, 0.3) is 0 Å². The molecular weight excluding hydrogens is 226 g/mol. The van der Waals surface area contributed by atoms with Crippen molar-refractivity contribution in [1.29, 1.82) is 0 Å². The minimum absolute atomic E-state index is 0.249. The van der Waals surface area contributed by atoms with E-state index in [1.807, 2.05) is 18.7 Å². The Labute approximate surface area is 107 Å². The third-order valence-corrected chi connectivity index (χ3v) is 3.98. The Balaban J connectivity index is 2.17. The van der Waals surface area contributed by atoms with E-state index in [1.165, 1.54) is 11.1 Å². The van der Waals surface area contributed by atoms with Gasteiger partial charge < -0.3 is 10.0 Å². The molecule has 1 aromatic carbocycles. The molecule has 1 aromatic rings. The average molecular weight is 245 g/mol. The number of hydrogen-bond donors (Lipinski definition) is 1. The van der Waals surface area contributed by atoms with Crippen LogP contribution in [0.4, 0.5) is 5.69 Å². The van der Waals surface area contributed by atoms with Crippen molar-refractivity contribution >= 4 is 11.6 Å². The van der Waals surface area contributed by atoms with Crippen LogP contribution in [0.5, 0.6) is 0 Å². The molecule has 1 amide bonds. The molecule has 2 heterocycles. The number of hydrogen-bond acceptors (Lipinski definition) is 2. The Hall–Kier alpha value is -1.35. The maximum Gasteiger partial charge on any atom is 0.227 e. The second-order valence-corrected chi connectivity index (χ2v) is 5.85. The van der Waals surface area contributed by atoms with Gasteiger partial charge in [-0.3, -0.25) is 4.79 Å². The van der Waals surface area contributed by atoms with Crippen molar-refractivity contribution in [2.75, 3.05) is 11.4 Å². The van der Waals surface area contributed by atoms with Crippen molar-refractivity contribution in [3.05, 3.63) is 28.8 Å². The highest BCUT2D eigenvalue weighted by atomic mass is 16.3. The van der Waals surface area contributed by atoms with Crippen molar-refractivity contribution in [1.82, 2.24) is 0 Å². The zero-order chi connectivity index (χ0) is 12.9. The Morgan fingerprint density at radius 1 is 1.17 bits per heavy atom. The van der Waals surface area contributed by atoms with Crippen LogP contribution in [0.3, 0.4) is 0 Å². The Kier molecular flexibility index (Phi) is 2.49. The van der Waals surface area contributed by atoms with Crippen LogP contribution in [0.1, 0.15) is 43.4 Å². The van der Waals surface area contributed by atoms with E-state index < -0.39 is 5.60 Å². The molecule has 1 N–H and O–H groups in total. The Morgan fingerprint density at radius 2 is 1.83 bits per heavy atom. The first-order chi connectivity index (χ1) is 8.47. The van der Waals surface area contributed by atoms with Crippen LogP contribution < -0.4 is 4.90 Å². The van der Waals surface area contributed by atoms with E-state index in [-0.39, 0.29) is 5.91 Å². The number of aliphatic hydroxyl groups is 1. The van der Waals surface area contributed by atoms with Gasteiger partial charge in [-0.2, -0.15) is 0 Å². The van der Waals surface area contributed by atoms with E-state index in [0.717, 1.165) is 37.1 Å². The van der Waals surface area contributed by atoms with Crippen LogP contribution in [-0.4, -0.2) is 17.6 Å². The van der Waals surface area contributed by atoms with E-state index >= 15 is 0 Å². The lowest BCUT2D eigenvalue weighted by atomic mass is 9.86. The summed E-state index contributed by atoms with van der Waals surface area (Å²) in [5.74, 6) is 0.249. The van der Waals surface area contributed by atoms with Crippen LogP contribution in [0.25, 0.3) is 0 Å². The summed E-state index contributed by atoms with van der Waals surface area (Å²) in [5, 5.41) is 10.2. The summed E-state index contributed by atoms with van der Waals surface area (Å²) in [5.41, 5.74) is 3.74. The molecule has 0 saturated carbocycles. The zero-order valence-electron chi connectivity index (χ0n) is 11.0. The van der Waals surface area contributed by atoms with Gasteiger partial charge in [0.2, 0.25) is 5.91 Å². The smallest absolute Gasteiger partial charge is 0.227 e. The molecule has 0 fully saturated rings. The molecule has 0 aliphatic carbocycles. The number of benzene rings is 1. The van der Waals surface area contributed by atoms with Crippen LogP contribution in [0, 0.1) is 0 Å². The monoisotopic (exact) mass is 245 g/mol. The third kappa shape index (κ3) is 1.74. The molecular formula is C15H19NO2. The molecule has 2 aliphatic heterocycles. The van der Waals surface area contributed by atoms with Gasteiger partial charge in [-0.05, 0) is 49.8 Å². The summed E-state index contributed by atoms with van der Waals surface area (Å²) >= 11 is 0. The van der Waals surface area contributed by atoms with Gasteiger partial charge in [0.05, 0.1) is 11.3 Å². The number of nitrogens with zero attached hydrogens (tertiary/aromatic N) is 1. The number of anilines is 1. The lowest BCUT2D eigenvalue weighted by molar-refractivity contribution is -0.119. The van der Waals surface area contributed by atoms with Crippen LogP contribution in [-0.2, 0) is 23.2 Å². The Bertz CT molecular complexity index is 497. The molecule has 18 heavy (non-hydrogen) atoms. The summed E-state index contributed by atoms with van der Waals surface area (Å²) in [6.07, 6.45) is 3.44. The molecule has 0 saturated heterocycles. The highest BCUT2D eigenvalue weighted by molar-refractivity contribution is 5.97. The van der Waals surface area contributed by atoms with E-state index in [9.17, 15) is 9.90 Å². The maximum atomic E-state index is 11.9. The molecule has 3 rings (SSSR count). The molecule has 3 heteroatoms. The lowest BCUT2D eigenvalue weighted by Crippen LogP contribution is -2.39. The normalized spacial score (nSPS) is 18.8. The number of aryl methyl sites for hydroxylation is 2. The Morgan fingerprint density at radius 3 is 2.50 bits per heavy atom. The van der Waals surface area contributed by atoms with Gasteiger partial charge in [0.1, 0.15) is 0 Å². The van der Waals surface area contributed by atoms with Crippen molar-refractivity contribution in [2.45, 2.75) is 45.1 Å². The highest BCUT2D eigenvalue weighted by Gasteiger charge is 2.31. The highest BCUT2D eigenvalue weighted by Crippen LogP contribution is 2.38. The van der Waals surface area contributed by atoms with Gasteiger partial charge in [0.15, 0.2) is 0 Å². The fourth-order valence-corrected chi connectivity index (χ4v) is 3.01. The van der Waals surface area contributed by atoms with Crippen molar-refractivity contribution < 1.29 is 9.90 Å². The molecule has 2 aliphatic rings. The van der Waals surface area contributed by atoms with Crippen molar-refractivity contribution in [3.8, 4) is 0 Å². The third-order valence-electron chi connectivity index (χ3n) is 3.98. The number of rotatable bonds is 1. The molecule has 0 unspecified atom stereocenters. The molecule has 0 radical (unpaired) electrons. The minimum atomic E-state index is -0.810. The van der Waals surface area contributed by atoms with Crippen LogP contribution in [0.2, 0.25) is 0 Å². The topological polar surface area (TPSA) is 40.5 Å². The summed E-state index contributed by atoms with van der Waals surface area (Å²) in [6, 6.07) is 4.15. The molecule has 0 spiro atoms. The number of amides is 1. The number of carbonyl (C=O) groups is 1. The standard InChI is InChI=1S/C15H19NO2/c1-15(2,18)12-8-10-4-3-7-16-13(17)6-5-11(9-12)14(10)16/h8-9,18H,3-7H2,1-2H3. The SMILES string of the molecule is CC(C)(O)c1cc2c3c(c1)CCC(=O)N3CCC2. The van der Waals surface area contributed by atoms with Crippen molar-refractivity contribution in [3.63, 3.8) is 0 Å². The average Bonchev–Trinajstić information content (AvgIpc) is 2.32. The molecule has 0 atom stereocenters. The van der Waals surface area contributed by atoms with Crippen LogP contribution in [0.15, 0.2) is 12.1 Å². The van der Waals surface area contributed by atoms with Gasteiger partial charge in [-0.25, -0.2) is 0 Å². The fourth-order valence-electron chi connectivity index (χ4n) is 3.01. The molecule has 3 nitrogen and oxygen atoms in total. The lowest BCUT2D eigenvalue weighted by Gasteiger charge is -2.36. The molecule has 0 aromatic heterocycles. The van der Waals surface area contributed by atoms with E-state index in [0.29, 0.717) is 6.42 Å². The van der Waals surface area contributed by atoms with E-state index in [4.69, 9.17) is 0 Å². The predicted molar refractivity (Wildman–Crippen MR) is 70.7 cm³/mol.